The Morgan fingerprint density at radius 1 is 1.15 bits per heavy atom. The number of hydrogen-bond acceptors (Lipinski definition) is 1. The van der Waals surface area contributed by atoms with Gasteiger partial charge in [0.1, 0.15) is 11.6 Å². The summed E-state index contributed by atoms with van der Waals surface area (Å²) in [5, 5.41) is 0.692. The molecule has 2 nitrogen and oxygen atoms in total. The van der Waals surface area contributed by atoms with Gasteiger partial charge < -0.3 is 4.57 Å². The molecule has 0 bridgehead atoms. The Morgan fingerprint density at radius 3 is 2.70 bits per heavy atom. The summed E-state index contributed by atoms with van der Waals surface area (Å²) in [6, 6.07) is 12.2. The van der Waals surface area contributed by atoms with E-state index in [0.29, 0.717) is 22.9 Å². The van der Waals surface area contributed by atoms with Crippen LogP contribution in [0.1, 0.15) is 11.4 Å². The second-order valence-electron chi connectivity index (χ2n) is 4.47. The van der Waals surface area contributed by atoms with E-state index in [2.05, 4.69) is 4.98 Å². The molecule has 0 aliphatic carbocycles. The molecule has 5 heteroatoms. The highest BCUT2D eigenvalue weighted by Crippen LogP contribution is 2.23. The Bertz CT molecular complexity index is 768. The number of aromatic nitrogens is 2. The third kappa shape index (κ3) is 2.39. The van der Waals surface area contributed by atoms with Crippen molar-refractivity contribution >= 4 is 34.2 Å². The van der Waals surface area contributed by atoms with Crippen LogP contribution in [0, 0.1) is 5.82 Å². The van der Waals surface area contributed by atoms with Gasteiger partial charge in [0.2, 0.25) is 0 Å². The van der Waals surface area contributed by atoms with E-state index in [1.807, 2.05) is 28.8 Å². The first-order valence-electron chi connectivity index (χ1n) is 6.13. The molecule has 0 radical (unpaired) electrons. The average molecular weight is 309 g/mol. The second-order valence-corrected chi connectivity index (χ2v) is 5.15. The minimum Gasteiger partial charge on any atom is -0.322 e. The zero-order valence-electron chi connectivity index (χ0n) is 10.5. The van der Waals surface area contributed by atoms with Crippen LogP contribution in [0.5, 0.6) is 0 Å². The van der Waals surface area contributed by atoms with Crippen LogP contribution in [0.2, 0.25) is 5.02 Å². The normalized spacial score (nSPS) is 11.2. The predicted molar refractivity (Wildman–Crippen MR) is 79.8 cm³/mol. The van der Waals surface area contributed by atoms with Gasteiger partial charge in [-0.15, -0.1) is 11.6 Å². The van der Waals surface area contributed by atoms with Crippen LogP contribution in [0.3, 0.4) is 0 Å². The third-order valence-corrected chi connectivity index (χ3v) is 3.80. The molecule has 0 spiro atoms. The highest BCUT2D eigenvalue weighted by atomic mass is 35.5. The van der Waals surface area contributed by atoms with Gasteiger partial charge in [-0.1, -0.05) is 29.8 Å². The predicted octanol–water partition coefficient (Wildman–Crippen LogP) is 4.62. The smallest absolute Gasteiger partial charge is 0.125 e. The minimum absolute atomic E-state index is 0.265. The Hall–Kier alpha value is -1.58. The summed E-state index contributed by atoms with van der Waals surface area (Å²) in [7, 11) is 0. The van der Waals surface area contributed by atoms with Crippen molar-refractivity contribution in [1.29, 1.82) is 0 Å². The molecule has 0 aliphatic rings. The lowest BCUT2D eigenvalue weighted by molar-refractivity contribution is 0.629. The summed E-state index contributed by atoms with van der Waals surface area (Å²) >= 11 is 12.1. The van der Waals surface area contributed by atoms with Crippen LogP contribution in [-0.2, 0) is 12.4 Å². The average Bonchev–Trinajstić information content (AvgIpc) is 2.78. The van der Waals surface area contributed by atoms with E-state index < -0.39 is 0 Å². The van der Waals surface area contributed by atoms with Crippen molar-refractivity contribution in [2.45, 2.75) is 12.4 Å². The van der Waals surface area contributed by atoms with Crippen LogP contribution >= 0.6 is 23.2 Å². The fourth-order valence-electron chi connectivity index (χ4n) is 2.23. The molecular weight excluding hydrogens is 298 g/mol. The molecule has 20 heavy (non-hydrogen) atoms. The summed E-state index contributed by atoms with van der Waals surface area (Å²) in [6.07, 6.45) is 0. The molecule has 0 aliphatic heterocycles. The van der Waals surface area contributed by atoms with Gasteiger partial charge in [0.15, 0.2) is 0 Å². The summed E-state index contributed by atoms with van der Waals surface area (Å²) in [5.41, 5.74) is 2.43. The second kappa shape index (κ2) is 5.43. The molecule has 0 amide bonds. The maximum Gasteiger partial charge on any atom is 0.125 e. The van der Waals surface area contributed by atoms with Gasteiger partial charge in [0, 0.05) is 11.1 Å². The molecule has 0 unspecified atom stereocenters. The molecular formula is C15H11Cl2FN2. The maximum atomic E-state index is 13.3. The van der Waals surface area contributed by atoms with Gasteiger partial charge in [0.05, 0.1) is 23.5 Å². The van der Waals surface area contributed by atoms with Crippen LogP contribution in [0.4, 0.5) is 4.39 Å². The molecule has 3 aromatic rings. The summed E-state index contributed by atoms with van der Waals surface area (Å²) in [6.45, 7) is 0.559. The number of fused-ring (bicyclic) bond motifs is 1. The molecule has 0 N–H and O–H groups in total. The van der Waals surface area contributed by atoms with Crippen molar-refractivity contribution in [3.8, 4) is 0 Å². The Labute approximate surface area is 125 Å². The summed E-state index contributed by atoms with van der Waals surface area (Å²) in [5.74, 6) is 0.661. The fourth-order valence-corrected chi connectivity index (χ4v) is 2.63. The molecule has 3 rings (SSSR count). The minimum atomic E-state index is -0.305. The fraction of sp³-hybridized carbons (Fsp3) is 0.133. The number of imidazole rings is 1. The topological polar surface area (TPSA) is 17.8 Å². The lowest BCUT2D eigenvalue weighted by Crippen LogP contribution is -2.04. The third-order valence-electron chi connectivity index (χ3n) is 3.20. The highest BCUT2D eigenvalue weighted by Gasteiger charge is 2.12. The zero-order valence-corrected chi connectivity index (χ0v) is 12.0. The zero-order chi connectivity index (χ0) is 14.1. The molecule has 2 aromatic carbocycles. The number of nitrogens with zero attached hydrogens (tertiary/aromatic N) is 2. The van der Waals surface area contributed by atoms with Crippen LogP contribution in [0.25, 0.3) is 11.0 Å². The maximum absolute atomic E-state index is 13.3. The van der Waals surface area contributed by atoms with Gasteiger partial charge in [0.25, 0.3) is 0 Å². The molecule has 0 saturated carbocycles. The summed E-state index contributed by atoms with van der Waals surface area (Å²) in [4.78, 5) is 4.37. The van der Waals surface area contributed by atoms with Crippen molar-refractivity contribution in [3.63, 3.8) is 0 Å². The molecule has 102 valence electrons. The number of hydrogen-bond donors (Lipinski definition) is 0. The molecule has 1 heterocycles. The molecule has 0 saturated heterocycles. The number of benzene rings is 2. The first kappa shape index (κ1) is 13.4. The van der Waals surface area contributed by atoms with Crippen molar-refractivity contribution in [2.75, 3.05) is 0 Å². The van der Waals surface area contributed by atoms with E-state index in [-0.39, 0.29) is 11.7 Å². The monoisotopic (exact) mass is 308 g/mol. The Morgan fingerprint density at radius 2 is 1.95 bits per heavy atom. The number of alkyl halides is 1. The van der Waals surface area contributed by atoms with Crippen LogP contribution < -0.4 is 0 Å². The van der Waals surface area contributed by atoms with Crippen LogP contribution in [-0.4, -0.2) is 9.55 Å². The van der Waals surface area contributed by atoms with E-state index in [1.165, 1.54) is 12.1 Å². The van der Waals surface area contributed by atoms with E-state index in [9.17, 15) is 4.39 Å². The first-order chi connectivity index (χ1) is 9.69. The van der Waals surface area contributed by atoms with Gasteiger partial charge in [-0.2, -0.15) is 0 Å². The Kier molecular flexibility index (Phi) is 3.64. The highest BCUT2D eigenvalue weighted by molar-refractivity contribution is 6.31. The largest absolute Gasteiger partial charge is 0.322 e. The lowest BCUT2D eigenvalue weighted by atomic mass is 10.2. The van der Waals surface area contributed by atoms with Gasteiger partial charge in [-0.25, -0.2) is 9.37 Å². The molecule has 1 aromatic heterocycles. The first-order valence-corrected chi connectivity index (χ1v) is 7.04. The standard InChI is InChI=1S/C15H11Cl2FN2/c16-8-15-19-13-7-11(18)5-6-14(13)20(15)9-10-3-1-2-4-12(10)17/h1-7H,8-9H2. The lowest BCUT2D eigenvalue weighted by Gasteiger charge is -2.09. The van der Waals surface area contributed by atoms with Crippen molar-refractivity contribution in [1.82, 2.24) is 9.55 Å². The SMILES string of the molecule is Fc1ccc2c(c1)nc(CCl)n2Cc1ccccc1Cl. The van der Waals surface area contributed by atoms with E-state index in [0.717, 1.165) is 11.1 Å². The van der Waals surface area contributed by atoms with Gasteiger partial charge >= 0.3 is 0 Å². The quantitative estimate of drug-likeness (QED) is 0.646. The number of halogens is 3. The van der Waals surface area contributed by atoms with E-state index >= 15 is 0 Å². The Balaban J connectivity index is 2.12. The van der Waals surface area contributed by atoms with Crippen molar-refractivity contribution in [3.05, 3.63) is 64.7 Å². The van der Waals surface area contributed by atoms with Crippen LogP contribution in [0.15, 0.2) is 42.5 Å². The van der Waals surface area contributed by atoms with Crippen molar-refractivity contribution < 1.29 is 4.39 Å². The van der Waals surface area contributed by atoms with Gasteiger partial charge in [-0.05, 0) is 23.8 Å². The molecule has 0 atom stereocenters. The van der Waals surface area contributed by atoms with E-state index in [4.69, 9.17) is 23.2 Å². The number of rotatable bonds is 3. The van der Waals surface area contributed by atoms with Crippen molar-refractivity contribution in [2.24, 2.45) is 0 Å². The molecule has 0 fully saturated rings. The summed E-state index contributed by atoms with van der Waals surface area (Å²) < 4.78 is 15.2. The van der Waals surface area contributed by atoms with Gasteiger partial charge in [-0.3, -0.25) is 0 Å². The van der Waals surface area contributed by atoms with E-state index in [1.54, 1.807) is 6.07 Å².